The predicted octanol–water partition coefficient (Wildman–Crippen LogP) is 3.23. The van der Waals surface area contributed by atoms with Crippen LogP contribution in [0.3, 0.4) is 0 Å². The highest BCUT2D eigenvalue weighted by Gasteiger charge is 2.31. The van der Waals surface area contributed by atoms with Crippen LogP contribution in [-0.4, -0.2) is 17.7 Å². The van der Waals surface area contributed by atoms with Crippen LogP contribution in [0, 0.1) is 5.92 Å². The third kappa shape index (κ3) is 2.50. The molecule has 1 aliphatic rings. The third-order valence-electron chi connectivity index (χ3n) is 3.70. The zero-order chi connectivity index (χ0) is 13.1. The summed E-state index contributed by atoms with van der Waals surface area (Å²) in [6.45, 7) is 4.61. The Morgan fingerprint density at radius 1 is 1.56 bits per heavy atom. The average molecular weight is 248 g/mol. The molecule has 0 heterocycles. The van der Waals surface area contributed by atoms with Gasteiger partial charge in [0.15, 0.2) is 0 Å². The van der Waals surface area contributed by atoms with Crippen LogP contribution in [0.2, 0.25) is 0 Å². The van der Waals surface area contributed by atoms with Gasteiger partial charge in [-0.2, -0.15) is 0 Å². The van der Waals surface area contributed by atoms with Gasteiger partial charge in [-0.1, -0.05) is 19.9 Å². The van der Waals surface area contributed by atoms with E-state index in [-0.39, 0.29) is 11.8 Å². The minimum Gasteiger partial charge on any atom is -0.494 e. The van der Waals surface area contributed by atoms with Gasteiger partial charge in [-0.15, -0.1) is 0 Å². The Labute approximate surface area is 108 Å². The predicted molar refractivity (Wildman–Crippen MR) is 70.1 cm³/mol. The first kappa shape index (κ1) is 12.9. The molecule has 2 unspecified atom stereocenters. The lowest BCUT2D eigenvalue weighted by Gasteiger charge is -2.16. The number of fused-ring (bicyclic) bond motifs is 1. The van der Waals surface area contributed by atoms with Crippen molar-refractivity contribution in [1.29, 1.82) is 0 Å². The molecular formula is C15H20O3. The van der Waals surface area contributed by atoms with Gasteiger partial charge < -0.3 is 9.84 Å². The fourth-order valence-electron chi connectivity index (χ4n) is 2.63. The third-order valence-corrected chi connectivity index (χ3v) is 3.70. The van der Waals surface area contributed by atoms with E-state index in [2.05, 4.69) is 13.0 Å². The van der Waals surface area contributed by atoms with Gasteiger partial charge in [-0.25, -0.2) is 0 Å². The molecule has 2 atom stereocenters. The van der Waals surface area contributed by atoms with Gasteiger partial charge >= 0.3 is 5.97 Å². The van der Waals surface area contributed by atoms with Crippen LogP contribution in [-0.2, 0) is 11.2 Å². The lowest BCUT2D eigenvalue weighted by Crippen LogP contribution is -2.17. The SMILES string of the molecule is CCCOc1ccc2c(c1)CCC2C(C)C(=O)O. The molecule has 3 nitrogen and oxygen atoms in total. The van der Waals surface area contributed by atoms with Gasteiger partial charge in [0, 0.05) is 0 Å². The van der Waals surface area contributed by atoms with Crippen LogP contribution in [0.25, 0.3) is 0 Å². The zero-order valence-corrected chi connectivity index (χ0v) is 11.0. The zero-order valence-electron chi connectivity index (χ0n) is 11.0. The number of rotatable bonds is 5. The van der Waals surface area contributed by atoms with Crippen LogP contribution in [0.4, 0.5) is 0 Å². The van der Waals surface area contributed by atoms with Crippen LogP contribution in [0.15, 0.2) is 18.2 Å². The van der Waals surface area contributed by atoms with E-state index >= 15 is 0 Å². The van der Waals surface area contributed by atoms with Gasteiger partial charge in [-0.05, 0) is 48.4 Å². The molecular weight excluding hydrogens is 228 g/mol. The standard InChI is InChI=1S/C15H20O3/c1-3-8-18-12-5-7-14-11(9-12)4-6-13(14)10(2)15(16)17/h5,7,9-10,13H,3-4,6,8H2,1-2H3,(H,16,17). The molecule has 0 amide bonds. The molecule has 0 saturated heterocycles. The molecule has 3 heteroatoms. The fraction of sp³-hybridized carbons (Fsp3) is 0.533. The lowest BCUT2D eigenvalue weighted by molar-refractivity contribution is -0.141. The van der Waals surface area contributed by atoms with Gasteiger partial charge in [0.25, 0.3) is 0 Å². The molecule has 0 saturated carbocycles. The van der Waals surface area contributed by atoms with E-state index in [9.17, 15) is 4.79 Å². The molecule has 2 rings (SSSR count). The maximum Gasteiger partial charge on any atom is 0.306 e. The Morgan fingerprint density at radius 2 is 2.33 bits per heavy atom. The molecule has 0 spiro atoms. The van der Waals surface area contributed by atoms with Gasteiger partial charge in [-0.3, -0.25) is 4.79 Å². The Kier molecular flexibility index (Phi) is 3.90. The maximum absolute atomic E-state index is 11.1. The molecule has 1 N–H and O–H groups in total. The number of hydrogen-bond donors (Lipinski definition) is 1. The van der Waals surface area contributed by atoms with Gasteiger partial charge in [0.05, 0.1) is 12.5 Å². The molecule has 0 radical (unpaired) electrons. The van der Waals surface area contributed by atoms with Gasteiger partial charge in [0.2, 0.25) is 0 Å². The number of aryl methyl sites for hydroxylation is 1. The van der Waals surface area contributed by atoms with Crippen molar-refractivity contribution in [3.63, 3.8) is 0 Å². The van der Waals surface area contributed by atoms with Crippen LogP contribution in [0.5, 0.6) is 5.75 Å². The summed E-state index contributed by atoms with van der Waals surface area (Å²) in [5.74, 6) is 0.0322. The van der Waals surface area contributed by atoms with E-state index < -0.39 is 5.97 Å². The summed E-state index contributed by atoms with van der Waals surface area (Å²) in [4.78, 5) is 11.1. The number of carboxylic acids is 1. The quantitative estimate of drug-likeness (QED) is 0.870. The maximum atomic E-state index is 11.1. The summed E-state index contributed by atoms with van der Waals surface area (Å²) in [5, 5.41) is 9.11. The molecule has 0 bridgehead atoms. The summed E-state index contributed by atoms with van der Waals surface area (Å²) in [6.07, 6.45) is 2.89. The Hall–Kier alpha value is -1.51. The summed E-state index contributed by atoms with van der Waals surface area (Å²) in [5.41, 5.74) is 2.44. The van der Waals surface area contributed by atoms with E-state index in [0.29, 0.717) is 0 Å². The van der Waals surface area contributed by atoms with Crippen molar-refractivity contribution in [2.75, 3.05) is 6.61 Å². The van der Waals surface area contributed by atoms with Crippen molar-refractivity contribution in [2.45, 2.75) is 39.0 Å². The summed E-state index contributed by atoms with van der Waals surface area (Å²) >= 11 is 0. The smallest absolute Gasteiger partial charge is 0.306 e. The van der Waals surface area contributed by atoms with Crippen molar-refractivity contribution < 1.29 is 14.6 Å². The molecule has 1 aromatic carbocycles. The first-order chi connectivity index (χ1) is 8.63. The Bertz CT molecular complexity index is 439. The summed E-state index contributed by atoms with van der Waals surface area (Å²) in [6, 6.07) is 6.07. The second kappa shape index (κ2) is 5.42. The Balaban J connectivity index is 2.17. The van der Waals surface area contributed by atoms with Crippen molar-refractivity contribution in [3.05, 3.63) is 29.3 Å². The molecule has 0 aromatic heterocycles. The highest BCUT2D eigenvalue weighted by atomic mass is 16.5. The molecule has 98 valence electrons. The minimum atomic E-state index is -0.709. The van der Waals surface area contributed by atoms with Crippen LogP contribution < -0.4 is 4.74 Å². The van der Waals surface area contributed by atoms with E-state index in [1.54, 1.807) is 6.92 Å². The summed E-state index contributed by atoms with van der Waals surface area (Å²) in [7, 11) is 0. The van der Waals surface area contributed by atoms with Crippen LogP contribution >= 0.6 is 0 Å². The average Bonchev–Trinajstić information content (AvgIpc) is 2.78. The highest BCUT2D eigenvalue weighted by Crippen LogP contribution is 2.39. The highest BCUT2D eigenvalue weighted by molar-refractivity contribution is 5.71. The molecule has 0 fully saturated rings. The lowest BCUT2D eigenvalue weighted by atomic mass is 9.89. The second-order valence-corrected chi connectivity index (χ2v) is 4.98. The number of hydrogen-bond acceptors (Lipinski definition) is 2. The topological polar surface area (TPSA) is 46.5 Å². The Morgan fingerprint density at radius 3 is 3.00 bits per heavy atom. The second-order valence-electron chi connectivity index (χ2n) is 4.98. The molecule has 18 heavy (non-hydrogen) atoms. The van der Waals surface area contributed by atoms with Crippen molar-refractivity contribution in [1.82, 2.24) is 0 Å². The van der Waals surface area contributed by atoms with Crippen molar-refractivity contribution in [2.24, 2.45) is 5.92 Å². The molecule has 1 aliphatic carbocycles. The monoisotopic (exact) mass is 248 g/mol. The van der Waals surface area contributed by atoms with Crippen molar-refractivity contribution in [3.8, 4) is 5.75 Å². The van der Waals surface area contributed by atoms with Crippen LogP contribution in [0.1, 0.15) is 43.7 Å². The van der Waals surface area contributed by atoms with E-state index in [1.165, 1.54) is 11.1 Å². The first-order valence-electron chi connectivity index (χ1n) is 6.62. The first-order valence-corrected chi connectivity index (χ1v) is 6.62. The number of ether oxygens (including phenoxy) is 1. The van der Waals surface area contributed by atoms with E-state index in [1.807, 2.05) is 12.1 Å². The van der Waals surface area contributed by atoms with E-state index in [0.717, 1.165) is 31.6 Å². The number of aliphatic carboxylic acids is 1. The van der Waals surface area contributed by atoms with E-state index in [4.69, 9.17) is 9.84 Å². The van der Waals surface area contributed by atoms with Gasteiger partial charge in [0.1, 0.15) is 5.75 Å². The molecule has 0 aliphatic heterocycles. The summed E-state index contributed by atoms with van der Waals surface area (Å²) < 4.78 is 5.61. The number of benzene rings is 1. The largest absolute Gasteiger partial charge is 0.494 e. The fourth-order valence-corrected chi connectivity index (χ4v) is 2.63. The molecule has 1 aromatic rings. The normalized spacial score (nSPS) is 19.3. The van der Waals surface area contributed by atoms with Crippen molar-refractivity contribution >= 4 is 5.97 Å². The minimum absolute atomic E-state index is 0.151. The number of carboxylic acid groups (broad SMARTS) is 1. The number of carbonyl (C=O) groups is 1.